The van der Waals surface area contributed by atoms with Crippen LogP contribution in [0.1, 0.15) is 18.9 Å². The van der Waals surface area contributed by atoms with Gasteiger partial charge in [-0.15, -0.1) is 0 Å². The van der Waals surface area contributed by atoms with Gasteiger partial charge in [0.1, 0.15) is 4.90 Å². The maximum absolute atomic E-state index is 12.5. The lowest BCUT2D eigenvalue weighted by molar-refractivity contribution is 0.188. The fraction of sp³-hybridized carbons (Fsp3) is 0.500. The van der Waals surface area contributed by atoms with Crippen LogP contribution in [0.3, 0.4) is 0 Å². The molecular formula is C14H20N4O2S. The van der Waals surface area contributed by atoms with Gasteiger partial charge in [0.15, 0.2) is 0 Å². The van der Waals surface area contributed by atoms with E-state index in [4.69, 9.17) is 11.0 Å². The molecule has 6 nitrogen and oxygen atoms in total. The first-order chi connectivity index (χ1) is 9.83. The molecule has 1 heterocycles. The highest BCUT2D eigenvalue weighted by molar-refractivity contribution is 7.89. The third kappa shape index (κ3) is 3.53. The Kier molecular flexibility index (Phi) is 4.52. The van der Waals surface area contributed by atoms with Crippen LogP contribution in [0.25, 0.3) is 0 Å². The van der Waals surface area contributed by atoms with Gasteiger partial charge < -0.3 is 10.6 Å². The highest BCUT2D eigenvalue weighted by atomic mass is 32.2. The zero-order valence-electron chi connectivity index (χ0n) is 12.2. The first-order valence-electron chi connectivity index (χ1n) is 6.84. The van der Waals surface area contributed by atoms with Crippen molar-refractivity contribution >= 4 is 15.7 Å². The van der Waals surface area contributed by atoms with Gasteiger partial charge in [-0.1, -0.05) is 6.92 Å². The Balaban J connectivity index is 2.21. The summed E-state index contributed by atoms with van der Waals surface area (Å²) >= 11 is 0. The van der Waals surface area contributed by atoms with Gasteiger partial charge >= 0.3 is 0 Å². The lowest BCUT2D eigenvalue weighted by Crippen LogP contribution is -2.48. The lowest BCUT2D eigenvalue weighted by atomic mass is 9.95. The van der Waals surface area contributed by atoms with Crippen LogP contribution in [-0.4, -0.2) is 39.5 Å². The van der Waals surface area contributed by atoms with Gasteiger partial charge in [0.2, 0.25) is 10.0 Å². The fourth-order valence-corrected chi connectivity index (χ4v) is 4.15. The van der Waals surface area contributed by atoms with Gasteiger partial charge in [0.05, 0.1) is 17.3 Å². The molecule has 1 aromatic rings. The van der Waals surface area contributed by atoms with Crippen LogP contribution in [0, 0.1) is 17.2 Å². The van der Waals surface area contributed by atoms with Crippen molar-refractivity contribution in [2.24, 2.45) is 5.92 Å². The van der Waals surface area contributed by atoms with E-state index < -0.39 is 10.0 Å². The summed E-state index contributed by atoms with van der Waals surface area (Å²) in [6.07, 6.45) is 0.771. The second-order valence-corrected chi connectivity index (χ2v) is 7.30. The van der Waals surface area contributed by atoms with E-state index in [1.54, 1.807) is 0 Å². The van der Waals surface area contributed by atoms with Crippen molar-refractivity contribution in [3.63, 3.8) is 0 Å². The van der Waals surface area contributed by atoms with Crippen molar-refractivity contribution in [1.29, 1.82) is 5.26 Å². The molecule has 0 aliphatic carbocycles. The van der Waals surface area contributed by atoms with E-state index in [0.717, 1.165) is 19.5 Å². The van der Waals surface area contributed by atoms with Crippen molar-refractivity contribution in [2.45, 2.75) is 24.3 Å². The molecule has 0 aromatic heterocycles. The predicted molar refractivity (Wildman–Crippen MR) is 81.0 cm³/mol. The number of anilines is 1. The molecule has 0 spiro atoms. The Hall–Kier alpha value is -1.62. The van der Waals surface area contributed by atoms with Gasteiger partial charge in [0.25, 0.3) is 0 Å². The molecule has 7 heteroatoms. The third-order valence-corrected chi connectivity index (χ3v) is 5.41. The molecule has 2 atom stereocenters. The number of benzene rings is 1. The lowest BCUT2D eigenvalue weighted by Gasteiger charge is -2.35. The fourth-order valence-electron chi connectivity index (χ4n) is 2.65. The van der Waals surface area contributed by atoms with E-state index in [-0.39, 0.29) is 22.5 Å². The topological polar surface area (TPSA) is 99.2 Å². The van der Waals surface area contributed by atoms with Crippen molar-refractivity contribution < 1.29 is 8.42 Å². The summed E-state index contributed by atoms with van der Waals surface area (Å²) < 4.78 is 27.7. The molecule has 1 aliphatic heterocycles. The molecule has 3 N–H and O–H groups in total. The zero-order chi connectivity index (χ0) is 15.6. The number of sulfonamides is 1. The number of hydrogen-bond acceptors (Lipinski definition) is 5. The Morgan fingerprint density at radius 2 is 2.19 bits per heavy atom. The number of likely N-dealkylation sites (tertiary alicyclic amines) is 1. The number of nitrogens with zero attached hydrogens (tertiary/aromatic N) is 2. The van der Waals surface area contributed by atoms with Crippen molar-refractivity contribution in [2.75, 3.05) is 25.9 Å². The minimum atomic E-state index is -3.67. The number of piperidine rings is 1. The molecule has 1 aliphatic rings. The largest absolute Gasteiger partial charge is 0.398 e. The summed E-state index contributed by atoms with van der Waals surface area (Å²) in [7, 11) is -1.64. The van der Waals surface area contributed by atoms with Crippen LogP contribution in [0.2, 0.25) is 0 Å². The molecule has 0 amide bonds. The van der Waals surface area contributed by atoms with Crippen LogP contribution in [-0.2, 0) is 10.0 Å². The Morgan fingerprint density at radius 1 is 1.48 bits per heavy atom. The second-order valence-electron chi connectivity index (χ2n) is 5.62. The SMILES string of the molecule is CC1CN(C)CCC1NS(=O)(=O)c1ccc(C#N)cc1N. The van der Waals surface area contributed by atoms with Crippen molar-refractivity contribution in [1.82, 2.24) is 9.62 Å². The highest BCUT2D eigenvalue weighted by Gasteiger charge is 2.29. The van der Waals surface area contributed by atoms with Crippen LogP contribution >= 0.6 is 0 Å². The van der Waals surface area contributed by atoms with Gasteiger partial charge in [-0.25, -0.2) is 13.1 Å². The van der Waals surface area contributed by atoms with E-state index in [0.29, 0.717) is 5.56 Å². The first kappa shape index (κ1) is 15.8. The quantitative estimate of drug-likeness (QED) is 0.803. The van der Waals surface area contributed by atoms with Crippen molar-refractivity contribution in [3.05, 3.63) is 23.8 Å². The smallest absolute Gasteiger partial charge is 0.242 e. The summed E-state index contributed by atoms with van der Waals surface area (Å²) in [4.78, 5) is 2.22. The molecule has 1 saturated heterocycles. The van der Waals surface area contributed by atoms with Crippen LogP contribution in [0.5, 0.6) is 0 Å². The summed E-state index contributed by atoms with van der Waals surface area (Å²) in [6.45, 7) is 3.75. The second kappa shape index (κ2) is 6.02. The summed E-state index contributed by atoms with van der Waals surface area (Å²) in [5.41, 5.74) is 6.21. The molecule has 1 aromatic carbocycles. The van der Waals surface area contributed by atoms with E-state index in [2.05, 4.69) is 9.62 Å². The number of nitrogens with one attached hydrogen (secondary N) is 1. The van der Waals surface area contributed by atoms with Gasteiger partial charge in [-0.05, 0) is 44.1 Å². The van der Waals surface area contributed by atoms with Gasteiger partial charge in [0, 0.05) is 12.6 Å². The summed E-state index contributed by atoms with van der Waals surface area (Å²) in [5.74, 6) is 0.234. The average Bonchev–Trinajstić information content (AvgIpc) is 2.41. The van der Waals surface area contributed by atoms with Crippen LogP contribution in [0.4, 0.5) is 5.69 Å². The predicted octanol–water partition coefficient (Wildman–Crippen LogP) is 0.759. The monoisotopic (exact) mass is 308 g/mol. The normalized spacial score (nSPS) is 23.7. The number of nitrogens with two attached hydrogens (primary N) is 1. The summed E-state index contributed by atoms with van der Waals surface area (Å²) in [5, 5.41) is 8.80. The zero-order valence-corrected chi connectivity index (χ0v) is 13.0. The molecule has 0 saturated carbocycles. The average molecular weight is 308 g/mol. The molecular weight excluding hydrogens is 288 g/mol. The number of nitrogen functional groups attached to an aromatic ring is 1. The first-order valence-corrected chi connectivity index (χ1v) is 8.32. The molecule has 1 fully saturated rings. The highest BCUT2D eigenvalue weighted by Crippen LogP contribution is 2.22. The molecule has 21 heavy (non-hydrogen) atoms. The maximum atomic E-state index is 12.5. The van der Waals surface area contributed by atoms with Gasteiger partial charge in [-0.3, -0.25) is 0 Å². The number of rotatable bonds is 3. The van der Waals surface area contributed by atoms with Crippen LogP contribution < -0.4 is 10.5 Å². The number of nitriles is 1. The van der Waals surface area contributed by atoms with E-state index in [9.17, 15) is 8.42 Å². The summed E-state index contributed by atoms with van der Waals surface area (Å²) in [6, 6.07) is 6.07. The third-order valence-electron chi connectivity index (χ3n) is 3.84. The Labute approximate surface area is 125 Å². The maximum Gasteiger partial charge on any atom is 0.242 e. The minimum absolute atomic E-state index is 0.0348. The molecule has 0 radical (unpaired) electrons. The Morgan fingerprint density at radius 3 is 2.76 bits per heavy atom. The standard InChI is InChI=1S/C14H20N4O2S/c1-10-9-18(2)6-5-13(10)17-21(19,20)14-4-3-11(8-15)7-12(14)16/h3-4,7,10,13,17H,5-6,9,16H2,1-2H3. The van der Waals surface area contributed by atoms with Crippen LogP contribution in [0.15, 0.2) is 23.1 Å². The van der Waals surface area contributed by atoms with Crippen molar-refractivity contribution in [3.8, 4) is 6.07 Å². The molecule has 114 valence electrons. The number of hydrogen-bond donors (Lipinski definition) is 2. The molecule has 2 rings (SSSR count). The van der Waals surface area contributed by atoms with Gasteiger partial charge in [-0.2, -0.15) is 5.26 Å². The van der Waals surface area contributed by atoms with E-state index in [1.807, 2.05) is 20.0 Å². The molecule has 0 bridgehead atoms. The Bertz CT molecular complexity index is 666. The van der Waals surface area contributed by atoms with E-state index in [1.165, 1.54) is 18.2 Å². The van der Waals surface area contributed by atoms with E-state index >= 15 is 0 Å². The minimum Gasteiger partial charge on any atom is -0.398 e. The molecule has 2 unspecified atom stereocenters.